The van der Waals surface area contributed by atoms with Gasteiger partial charge in [0.05, 0.1) is 24.1 Å². The lowest BCUT2D eigenvalue weighted by Crippen LogP contribution is -2.33. The van der Waals surface area contributed by atoms with Gasteiger partial charge in [-0.2, -0.15) is 0 Å². The van der Waals surface area contributed by atoms with Crippen LogP contribution in [0.25, 0.3) is 5.57 Å². The number of rotatable bonds is 6. The molecule has 4 heteroatoms. The zero-order chi connectivity index (χ0) is 25.7. The lowest BCUT2D eigenvalue weighted by Gasteiger charge is -2.22. The van der Waals surface area contributed by atoms with Crippen molar-refractivity contribution < 1.29 is 14.3 Å². The van der Waals surface area contributed by atoms with E-state index in [1.54, 1.807) is 0 Å². The molecule has 0 aromatic heterocycles. The van der Waals surface area contributed by atoms with Crippen molar-refractivity contribution in [3.8, 4) is 5.75 Å². The Labute approximate surface area is 218 Å². The lowest BCUT2D eigenvalue weighted by molar-refractivity contribution is -0.122. The van der Waals surface area contributed by atoms with E-state index in [4.69, 9.17) is 4.74 Å². The summed E-state index contributed by atoms with van der Waals surface area (Å²) in [6, 6.07) is 24.4. The van der Waals surface area contributed by atoms with Crippen LogP contribution in [0.15, 0.2) is 90.5 Å². The van der Waals surface area contributed by atoms with Crippen LogP contribution in [0.5, 0.6) is 5.75 Å². The fraction of sp³-hybridized carbons (Fsp3) is 0.273. The number of imide groups is 1. The van der Waals surface area contributed by atoms with Crippen molar-refractivity contribution in [1.29, 1.82) is 0 Å². The largest absolute Gasteiger partial charge is 0.494 e. The molecule has 3 aromatic rings. The molecule has 1 saturated carbocycles. The smallest absolute Gasteiger partial charge is 0.238 e. The molecule has 1 aliphatic heterocycles. The molecule has 37 heavy (non-hydrogen) atoms. The summed E-state index contributed by atoms with van der Waals surface area (Å²) in [5, 5.41) is 0. The number of carbonyl (C=O) groups is 2. The summed E-state index contributed by atoms with van der Waals surface area (Å²) in [5.41, 5.74) is 7.63. The molecule has 2 bridgehead atoms. The van der Waals surface area contributed by atoms with Gasteiger partial charge >= 0.3 is 0 Å². The van der Waals surface area contributed by atoms with E-state index in [0.717, 1.165) is 28.9 Å². The van der Waals surface area contributed by atoms with Gasteiger partial charge in [0.2, 0.25) is 11.8 Å². The van der Waals surface area contributed by atoms with Gasteiger partial charge in [-0.25, -0.2) is 4.90 Å². The Morgan fingerprint density at radius 2 is 1.22 bits per heavy atom. The Hall–Kier alpha value is -3.92. The molecule has 0 spiro atoms. The first kappa shape index (κ1) is 23.5. The molecular weight excluding hydrogens is 458 g/mol. The molecular formula is C33H31NO3. The quantitative estimate of drug-likeness (QED) is 0.293. The number of carbonyl (C=O) groups excluding carboxylic acids is 2. The number of hydrogen-bond donors (Lipinski definition) is 0. The first-order valence-corrected chi connectivity index (χ1v) is 13.1. The minimum atomic E-state index is -0.362. The second kappa shape index (κ2) is 9.19. The van der Waals surface area contributed by atoms with E-state index < -0.39 is 0 Å². The molecule has 0 radical (unpaired) electrons. The average molecular weight is 490 g/mol. The Bertz CT molecular complexity index is 1330. The molecule has 186 valence electrons. The van der Waals surface area contributed by atoms with Gasteiger partial charge in [0, 0.05) is 11.8 Å². The predicted molar refractivity (Wildman–Crippen MR) is 146 cm³/mol. The molecule has 1 saturated heterocycles. The van der Waals surface area contributed by atoms with Crippen LogP contribution in [-0.2, 0) is 9.59 Å². The summed E-state index contributed by atoms with van der Waals surface area (Å²) in [6.07, 6.45) is 5.23. The van der Waals surface area contributed by atoms with Crippen LogP contribution < -0.4 is 9.64 Å². The predicted octanol–water partition coefficient (Wildman–Crippen LogP) is 6.52. The monoisotopic (exact) mass is 489 g/mol. The Morgan fingerprint density at radius 3 is 1.68 bits per heavy atom. The molecule has 1 heterocycles. The minimum Gasteiger partial charge on any atom is -0.494 e. The van der Waals surface area contributed by atoms with E-state index in [1.165, 1.54) is 21.6 Å². The first-order valence-electron chi connectivity index (χ1n) is 13.1. The molecule has 2 fully saturated rings. The molecule has 4 nitrogen and oxygen atoms in total. The van der Waals surface area contributed by atoms with E-state index in [2.05, 4.69) is 81.5 Å². The van der Waals surface area contributed by atoms with Crippen LogP contribution in [0.4, 0.5) is 5.69 Å². The average Bonchev–Trinajstić information content (AvgIpc) is 3.54. The van der Waals surface area contributed by atoms with Crippen molar-refractivity contribution in [2.45, 2.75) is 27.2 Å². The van der Waals surface area contributed by atoms with E-state index in [0.29, 0.717) is 12.3 Å². The van der Waals surface area contributed by atoms with Crippen LogP contribution in [0, 0.1) is 37.5 Å². The maximum absolute atomic E-state index is 13.8. The zero-order valence-electron chi connectivity index (χ0n) is 21.5. The Morgan fingerprint density at radius 1 is 0.730 bits per heavy atom. The summed E-state index contributed by atoms with van der Waals surface area (Å²) in [4.78, 5) is 29.0. The van der Waals surface area contributed by atoms with Crippen molar-refractivity contribution >= 4 is 23.1 Å². The van der Waals surface area contributed by atoms with Crippen LogP contribution in [0.2, 0.25) is 0 Å². The van der Waals surface area contributed by atoms with Gasteiger partial charge in [0.25, 0.3) is 0 Å². The second-order valence-electron chi connectivity index (χ2n) is 10.4. The maximum Gasteiger partial charge on any atom is 0.238 e. The minimum absolute atomic E-state index is 0.0822. The number of benzene rings is 3. The van der Waals surface area contributed by atoms with E-state index >= 15 is 0 Å². The summed E-state index contributed by atoms with van der Waals surface area (Å²) in [5.74, 6) is -0.337. The fourth-order valence-electron chi connectivity index (χ4n) is 6.20. The summed E-state index contributed by atoms with van der Waals surface area (Å²) < 4.78 is 5.68. The van der Waals surface area contributed by atoms with Gasteiger partial charge in [0.15, 0.2) is 0 Å². The van der Waals surface area contributed by atoms with Crippen molar-refractivity contribution in [1.82, 2.24) is 0 Å². The Kier molecular flexibility index (Phi) is 5.83. The van der Waals surface area contributed by atoms with Gasteiger partial charge in [-0.3, -0.25) is 9.59 Å². The number of aryl methyl sites for hydroxylation is 2. The van der Waals surface area contributed by atoms with Crippen LogP contribution in [0.3, 0.4) is 0 Å². The highest BCUT2D eigenvalue weighted by Gasteiger charge is 2.62. The number of ether oxygens (including phenoxy) is 1. The van der Waals surface area contributed by atoms with Crippen molar-refractivity contribution in [3.05, 3.63) is 113 Å². The maximum atomic E-state index is 13.8. The standard InChI is InChI=1S/C33H31NO3/c1-4-19-37-25-15-13-24(14-16-25)34-32(35)30-26-17-18-27(31(30)33(34)36)29(26)28(22-9-5-20(2)6-10-22)23-11-7-21(3)8-12-23/h5-18,26-27,30-31H,4,19H2,1-3H3/t26-,27-,30-,31-/m0/s1. The number of hydrogen-bond acceptors (Lipinski definition) is 3. The first-order chi connectivity index (χ1) is 18.0. The van der Waals surface area contributed by atoms with E-state index in [-0.39, 0.29) is 35.5 Å². The normalized spacial score (nSPS) is 23.6. The third kappa shape index (κ3) is 3.83. The molecule has 2 aliphatic carbocycles. The second-order valence-corrected chi connectivity index (χ2v) is 10.4. The molecule has 0 N–H and O–H groups in total. The number of anilines is 1. The Balaban J connectivity index is 1.40. The third-order valence-electron chi connectivity index (χ3n) is 7.95. The van der Waals surface area contributed by atoms with Gasteiger partial charge in [0.1, 0.15) is 5.75 Å². The fourth-order valence-corrected chi connectivity index (χ4v) is 6.20. The van der Waals surface area contributed by atoms with Gasteiger partial charge in [-0.05, 0) is 66.8 Å². The summed E-state index contributed by atoms with van der Waals surface area (Å²) in [7, 11) is 0. The summed E-state index contributed by atoms with van der Waals surface area (Å²) >= 11 is 0. The van der Waals surface area contributed by atoms with E-state index in [9.17, 15) is 9.59 Å². The van der Waals surface area contributed by atoms with Crippen molar-refractivity contribution in [2.75, 3.05) is 11.5 Å². The van der Waals surface area contributed by atoms with E-state index in [1.807, 2.05) is 24.3 Å². The number of nitrogens with zero attached hydrogens (tertiary/aromatic N) is 1. The SMILES string of the molecule is CCCOc1ccc(N2C(=O)[C@@H]3[C@@H](C2=O)[C@H]2C=C[C@H]3C2=C(c2ccc(C)cc2)c2ccc(C)cc2)cc1. The molecule has 4 atom stereocenters. The molecule has 0 unspecified atom stereocenters. The lowest BCUT2D eigenvalue weighted by atomic mass is 9.85. The van der Waals surface area contributed by atoms with Crippen LogP contribution in [0.1, 0.15) is 35.6 Å². The third-order valence-corrected chi connectivity index (χ3v) is 7.95. The van der Waals surface area contributed by atoms with Gasteiger partial charge in [-0.1, -0.05) is 78.7 Å². The van der Waals surface area contributed by atoms with Crippen LogP contribution >= 0.6 is 0 Å². The highest BCUT2D eigenvalue weighted by atomic mass is 16.5. The van der Waals surface area contributed by atoms with Gasteiger partial charge in [-0.15, -0.1) is 0 Å². The zero-order valence-corrected chi connectivity index (χ0v) is 21.5. The molecule has 3 aliphatic rings. The van der Waals surface area contributed by atoms with Crippen molar-refractivity contribution in [2.24, 2.45) is 23.7 Å². The molecule has 3 aromatic carbocycles. The number of fused-ring (bicyclic) bond motifs is 5. The number of amides is 2. The number of allylic oxidation sites excluding steroid dienone is 3. The highest BCUT2D eigenvalue weighted by Crippen LogP contribution is 2.58. The van der Waals surface area contributed by atoms with Gasteiger partial charge < -0.3 is 4.74 Å². The topological polar surface area (TPSA) is 46.6 Å². The molecule has 2 amide bonds. The molecule has 6 rings (SSSR count). The highest BCUT2D eigenvalue weighted by molar-refractivity contribution is 6.23. The van der Waals surface area contributed by atoms with Crippen molar-refractivity contribution in [3.63, 3.8) is 0 Å². The summed E-state index contributed by atoms with van der Waals surface area (Å²) in [6.45, 7) is 6.87. The van der Waals surface area contributed by atoms with Crippen LogP contribution in [-0.4, -0.2) is 18.4 Å².